The smallest absolute Gasteiger partial charge is 0.303 e. The number of carboxylic acids is 1. The Kier molecular flexibility index (Phi) is 6.63. The minimum Gasteiger partial charge on any atom is -0.481 e. The third-order valence-corrected chi connectivity index (χ3v) is 3.27. The number of carbonyl (C=O) groups excluding carboxylic acids is 1. The summed E-state index contributed by atoms with van der Waals surface area (Å²) in [4.78, 5) is 30.1. The van der Waals surface area contributed by atoms with Gasteiger partial charge in [0, 0.05) is 25.4 Å². The van der Waals surface area contributed by atoms with E-state index in [9.17, 15) is 9.59 Å². The number of nitrogens with one attached hydrogen (secondary N) is 1. The summed E-state index contributed by atoms with van der Waals surface area (Å²) in [6.07, 6.45) is 5.96. The number of aliphatic carboxylic acids is 1. The van der Waals surface area contributed by atoms with Crippen LogP contribution in [0.3, 0.4) is 0 Å². The van der Waals surface area contributed by atoms with E-state index in [2.05, 4.69) is 29.1 Å². The highest BCUT2D eigenvalue weighted by Gasteiger charge is 2.15. The van der Waals surface area contributed by atoms with Crippen molar-refractivity contribution in [3.8, 4) is 0 Å². The monoisotopic (exact) mass is 279 g/mol. The summed E-state index contributed by atoms with van der Waals surface area (Å²) in [5.74, 6) is -0.353. The van der Waals surface area contributed by atoms with Gasteiger partial charge < -0.3 is 10.4 Å². The average Bonchev–Trinajstić information content (AvgIpc) is 2.42. The first kappa shape index (κ1) is 16.1. The molecule has 1 aromatic rings. The molecule has 0 bridgehead atoms. The van der Waals surface area contributed by atoms with E-state index in [-0.39, 0.29) is 18.2 Å². The third-order valence-electron chi connectivity index (χ3n) is 3.27. The molecule has 0 saturated carbocycles. The van der Waals surface area contributed by atoms with E-state index in [1.807, 2.05) is 0 Å². The van der Waals surface area contributed by atoms with Gasteiger partial charge in [-0.2, -0.15) is 0 Å². The Labute approximate surface area is 118 Å². The lowest BCUT2D eigenvalue weighted by molar-refractivity contribution is -0.137. The highest BCUT2D eigenvalue weighted by Crippen LogP contribution is 2.20. The number of amides is 1. The lowest BCUT2D eigenvalue weighted by Gasteiger charge is -2.20. The zero-order chi connectivity index (χ0) is 15.0. The molecule has 1 atom stereocenters. The summed E-state index contributed by atoms with van der Waals surface area (Å²) in [5, 5.41) is 11.5. The predicted octanol–water partition coefficient (Wildman–Crippen LogP) is 1.73. The second-order valence-corrected chi connectivity index (χ2v) is 5.07. The number of carboxylic acid groups (broad SMARTS) is 1. The summed E-state index contributed by atoms with van der Waals surface area (Å²) in [5.41, 5.74) is 0.291. The minimum absolute atomic E-state index is 0.168. The van der Waals surface area contributed by atoms with Gasteiger partial charge in [-0.25, -0.2) is 4.98 Å². The molecule has 0 aliphatic carbocycles. The van der Waals surface area contributed by atoms with Crippen molar-refractivity contribution in [2.24, 2.45) is 11.8 Å². The fraction of sp³-hybridized carbons (Fsp3) is 0.571. The molecule has 1 unspecified atom stereocenters. The average molecular weight is 279 g/mol. The molecule has 0 aliphatic heterocycles. The van der Waals surface area contributed by atoms with E-state index < -0.39 is 5.97 Å². The van der Waals surface area contributed by atoms with Crippen LogP contribution < -0.4 is 5.32 Å². The topological polar surface area (TPSA) is 92.2 Å². The van der Waals surface area contributed by atoms with Gasteiger partial charge >= 0.3 is 5.97 Å². The standard InChI is InChI=1S/C14H21N3O3/c1-10(2)11(3-4-13(18)19)5-6-17-14(20)12-9-15-7-8-16-12/h7-11H,3-6H2,1-2H3,(H,17,20)(H,18,19). The number of hydrogen-bond donors (Lipinski definition) is 2. The van der Waals surface area contributed by atoms with E-state index >= 15 is 0 Å². The molecular formula is C14H21N3O3. The summed E-state index contributed by atoms with van der Waals surface area (Å²) in [6.45, 7) is 4.64. The molecule has 0 radical (unpaired) electrons. The number of rotatable bonds is 8. The van der Waals surface area contributed by atoms with Crippen LogP contribution in [0.15, 0.2) is 18.6 Å². The van der Waals surface area contributed by atoms with Crippen molar-refractivity contribution < 1.29 is 14.7 Å². The van der Waals surface area contributed by atoms with E-state index in [4.69, 9.17) is 5.11 Å². The fourth-order valence-electron chi connectivity index (χ4n) is 2.00. The number of carbonyl (C=O) groups is 2. The molecular weight excluding hydrogens is 258 g/mol. The molecule has 2 N–H and O–H groups in total. The highest BCUT2D eigenvalue weighted by molar-refractivity contribution is 5.91. The highest BCUT2D eigenvalue weighted by atomic mass is 16.4. The van der Waals surface area contributed by atoms with E-state index in [1.165, 1.54) is 18.6 Å². The second kappa shape index (κ2) is 8.24. The van der Waals surface area contributed by atoms with Gasteiger partial charge in [-0.05, 0) is 24.7 Å². The molecule has 1 aromatic heterocycles. The van der Waals surface area contributed by atoms with Gasteiger partial charge in [-0.15, -0.1) is 0 Å². The van der Waals surface area contributed by atoms with Gasteiger partial charge in [-0.3, -0.25) is 14.6 Å². The Hall–Kier alpha value is -1.98. The molecule has 1 amide bonds. The second-order valence-electron chi connectivity index (χ2n) is 5.07. The van der Waals surface area contributed by atoms with Crippen LogP contribution in [-0.2, 0) is 4.79 Å². The lowest BCUT2D eigenvalue weighted by atomic mass is 9.88. The van der Waals surface area contributed by atoms with Gasteiger partial charge in [0.2, 0.25) is 0 Å². The van der Waals surface area contributed by atoms with Crippen molar-refractivity contribution in [2.75, 3.05) is 6.54 Å². The van der Waals surface area contributed by atoms with Crippen LogP contribution in [0.4, 0.5) is 0 Å². The molecule has 1 rings (SSSR count). The minimum atomic E-state index is -0.778. The molecule has 0 aromatic carbocycles. The molecule has 1 heterocycles. The molecule has 0 saturated heterocycles. The van der Waals surface area contributed by atoms with Crippen LogP contribution in [0.25, 0.3) is 0 Å². The van der Waals surface area contributed by atoms with Crippen LogP contribution in [0.1, 0.15) is 43.6 Å². The summed E-state index contributed by atoms with van der Waals surface area (Å²) in [6, 6.07) is 0. The molecule has 0 fully saturated rings. The van der Waals surface area contributed by atoms with Gasteiger partial charge in [0.1, 0.15) is 5.69 Å². The largest absolute Gasteiger partial charge is 0.481 e. The summed E-state index contributed by atoms with van der Waals surface area (Å²) < 4.78 is 0. The number of nitrogens with zero attached hydrogens (tertiary/aromatic N) is 2. The maximum absolute atomic E-state index is 11.8. The first-order valence-corrected chi connectivity index (χ1v) is 6.76. The van der Waals surface area contributed by atoms with Crippen molar-refractivity contribution in [3.05, 3.63) is 24.3 Å². The summed E-state index contributed by atoms with van der Waals surface area (Å²) >= 11 is 0. The van der Waals surface area contributed by atoms with Crippen LogP contribution in [0.2, 0.25) is 0 Å². The van der Waals surface area contributed by atoms with Crippen LogP contribution in [0, 0.1) is 11.8 Å². The van der Waals surface area contributed by atoms with Gasteiger partial charge in [0.05, 0.1) is 6.20 Å². The zero-order valence-corrected chi connectivity index (χ0v) is 11.9. The normalized spacial score (nSPS) is 12.2. The Balaban J connectivity index is 2.37. The summed E-state index contributed by atoms with van der Waals surface area (Å²) in [7, 11) is 0. The fourth-order valence-corrected chi connectivity index (χ4v) is 2.00. The van der Waals surface area contributed by atoms with Crippen LogP contribution >= 0.6 is 0 Å². The van der Waals surface area contributed by atoms with Gasteiger partial charge in [-0.1, -0.05) is 13.8 Å². The van der Waals surface area contributed by atoms with Crippen molar-refractivity contribution in [2.45, 2.75) is 33.1 Å². The van der Waals surface area contributed by atoms with Gasteiger partial charge in [0.25, 0.3) is 5.91 Å². The predicted molar refractivity (Wildman–Crippen MR) is 74.2 cm³/mol. The Morgan fingerprint density at radius 2 is 2.05 bits per heavy atom. The molecule has 6 nitrogen and oxygen atoms in total. The maximum atomic E-state index is 11.8. The van der Waals surface area contributed by atoms with Crippen molar-refractivity contribution in [3.63, 3.8) is 0 Å². The van der Waals surface area contributed by atoms with E-state index in [0.29, 0.717) is 24.6 Å². The van der Waals surface area contributed by atoms with E-state index in [1.54, 1.807) is 0 Å². The SMILES string of the molecule is CC(C)C(CCNC(=O)c1cnccn1)CCC(=O)O. The van der Waals surface area contributed by atoms with Crippen molar-refractivity contribution in [1.82, 2.24) is 15.3 Å². The lowest BCUT2D eigenvalue weighted by Crippen LogP contribution is -2.28. The molecule has 20 heavy (non-hydrogen) atoms. The first-order chi connectivity index (χ1) is 9.50. The van der Waals surface area contributed by atoms with Crippen molar-refractivity contribution >= 4 is 11.9 Å². The van der Waals surface area contributed by atoms with Crippen LogP contribution in [-0.4, -0.2) is 33.5 Å². The first-order valence-electron chi connectivity index (χ1n) is 6.76. The van der Waals surface area contributed by atoms with Crippen molar-refractivity contribution in [1.29, 1.82) is 0 Å². The molecule has 0 spiro atoms. The maximum Gasteiger partial charge on any atom is 0.303 e. The molecule has 6 heteroatoms. The molecule has 0 aliphatic rings. The third kappa shape index (κ3) is 5.77. The van der Waals surface area contributed by atoms with Crippen LogP contribution in [0.5, 0.6) is 0 Å². The molecule has 110 valence electrons. The quantitative estimate of drug-likeness (QED) is 0.756. The zero-order valence-electron chi connectivity index (χ0n) is 11.9. The Morgan fingerprint density at radius 3 is 2.60 bits per heavy atom. The van der Waals surface area contributed by atoms with E-state index in [0.717, 1.165) is 6.42 Å². The number of hydrogen-bond acceptors (Lipinski definition) is 4. The Bertz CT molecular complexity index is 435. The van der Waals surface area contributed by atoms with Gasteiger partial charge in [0.15, 0.2) is 0 Å². The Morgan fingerprint density at radius 1 is 1.30 bits per heavy atom. The number of aromatic nitrogens is 2.